The van der Waals surface area contributed by atoms with E-state index in [2.05, 4.69) is 10.3 Å². The fourth-order valence-corrected chi connectivity index (χ4v) is 3.34. The van der Waals surface area contributed by atoms with Gasteiger partial charge >= 0.3 is 0 Å². The van der Waals surface area contributed by atoms with Gasteiger partial charge in [-0.15, -0.1) is 0 Å². The van der Waals surface area contributed by atoms with Crippen LogP contribution in [0.3, 0.4) is 0 Å². The lowest BCUT2D eigenvalue weighted by molar-refractivity contribution is 0.102. The topological polar surface area (TPSA) is 68.9 Å². The molecule has 1 aromatic carbocycles. The lowest BCUT2D eigenvalue weighted by atomic mass is 10.3. The molecule has 0 radical (unpaired) electrons. The quantitative estimate of drug-likeness (QED) is 0.591. The summed E-state index contributed by atoms with van der Waals surface area (Å²) in [6.45, 7) is 1.70. The average Bonchev–Trinajstić information content (AvgIpc) is 2.87. The van der Waals surface area contributed by atoms with Gasteiger partial charge in [0, 0.05) is 7.05 Å². The third kappa shape index (κ3) is 3.46. The van der Waals surface area contributed by atoms with E-state index in [1.54, 1.807) is 30.8 Å². The van der Waals surface area contributed by atoms with Crippen LogP contribution in [0, 0.1) is 6.92 Å². The van der Waals surface area contributed by atoms with Crippen LogP contribution in [0.25, 0.3) is 5.69 Å². The van der Waals surface area contributed by atoms with Crippen molar-refractivity contribution in [2.24, 2.45) is 7.05 Å². The van der Waals surface area contributed by atoms with Crippen LogP contribution in [0.1, 0.15) is 16.2 Å². The van der Waals surface area contributed by atoms with E-state index in [0.29, 0.717) is 11.4 Å². The number of nitrogens with zero attached hydrogens (tertiary/aromatic N) is 3. The van der Waals surface area contributed by atoms with Crippen molar-refractivity contribution in [1.29, 1.82) is 0 Å². The molecule has 0 bridgehead atoms. The minimum atomic E-state index is -0.730. The van der Waals surface area contributed by atoms with Gasteiger partial charge in [-0.25, -0.2) is 9.67 Å². The highest BCUT2D eigenvalue weighted by atomic mass is 35.5. The van der Waals surface area contributed by atoms with E-state index in [0.717, 1.165) is 0 Å². The molecule has 0 saturated carbocycles. The van der Waals surface area contributed by atoms with Crippen molar-refractivity contribution in [2.75, 3.05) is 5.32 Å². The Morgan fingerprint density at radius 3 is 2.30 bits per heavy atom. The first kappa shape index (κ1) is 19.8. The molecular weight excluding hydrogens is 434 g/mol. The van der Waals surface area contributed by atoms with Gasteiger partial charge in [-0.3, -0.25) is 14.3 Å². The Balaban J connectivity index is 2.05. The Hall–Kier alpha value is -1.99. The number of carbonyl (C=O) groups is 1. The molecule has 0 unspecified atom stereocenters. The summed E-state index contributed by atoms with van der Waals surface area (Å²) in [5, 5.41) is 2.08. The third-order valence-electron chi connectivity index (χ3n) is 3.99. The Kier molecular flexibility index (Phi) is 5.53. The van der Waals surface area contributed by atoms with Crippen molar-refractivity contribution in [2.45, 2.75) is 6.92 Å². The van der Waals surface area contributed by atoms with Crippen LogP contribution < -0.4 is 10.9 Å². The molecule has 0 fully saturated rings. The van der Waals surface area contributed by atoms with Crippen LogP contribution in [-0.2, 0) is 7.05 Å². The fourth-order valence-electron chi connectivity index (χ4n) is 2.52. The van der Waals surface area contributed by atoms with E-state index in [1.807, 2.05) is 18.2 Å². The van der Waals surface area contributed by atoms with Crippen LogP contribution in [0.5, 0.6) is 0 Å². The maximum Gasteiger partial charge on any atom is 0.295 e. The first-order chi connectivity index (χ1) is 12.7. The van der Waals surface area contributed by atoms with Gasteiger partial charge in [-0.05, 0) is 19.1 Å². The number of benzene rings is 1. The number of carbonyl (C=O) groups excluding carboxylic acids is 1. The molecule has 140 valence electrons. The molecule has 0 atom stereocenters. The van der Waals surface area contributed by atoms with E-state index in [-0.39, 0.29) is 31.6 Å². The molecule has 3 rings (SSSR count). The van der Waals surface area contributed by atoms with Gasteiger partial charge in [0.15, 0.2) is 0 Å². The van der Waals surface area contributed by atoms with Crippen molar-refractivity contribution in [3.05, 3.63) is 72.3 Å². The lowest BCUT2D eigenvalue weighted by Gasteiger charge is -2.08. The van der Waals surface area contributed by atoms with Gasteiger partial charge in [-0.2, -0.15) is 0 Å². The van der Waals surface area contributed by atoms with Crippen molar-refractivity contribution in [3.8, 4) is 5.69 Å². The lowest BCUT2D eigenvalue weighted by Crippen LogP contribution is -2.23. The minimum Gasteiger partial charge on any atom is -0.314 e. The zero-order chi connectivity index (χ0) is 19.9. The summed E-state index contributed by atoms with van der Waals surface area (Å²) < 4.78 is 3.06. The van der Waals surface area contributed by atoms with Gasteiger partial charge in [0.25, 0.3) is 11.5 Å². The molecule has 2 aromatic heterocycles. The molecule has 0 aliphatic rings. The Bertz CT molecular complexity index is 1110. The van der Waals surface area contributed by atoms with E-state index < -0.39 is 11.5 Å². The monoisotopic (exact) mass is 444 g/mol. The number of para-hydroxylation sites is 1. The molecule has 6 nitrogen and oxygen atoms in total. The van der Waals surface area contributed by atoms with Crippen LogP contribution in [-0.4, -0.2) is 20.3 Å². The second kappa shape index (κ2) is 7.56. The largest absolute Gasteiger partial charge is 0.314 e. The molecular formula is C17H12Cl4N4O2. The molecule has 0 saturated heterocycles. The molecule has 3 aromatic rings. The number of nitrogens with one attached hydrogen (secondary N) is 1. The smallest absolute Gasteiger partial charge is 0.295 e. The highest BCUT2D eigenvalue weighted by Crippen LogP contribution is 2.36. The van der Waals surface area contributed by atoms with Crippen LogP contribution in [0.2, 0.25) is 20.2 Å². The van der Waals surface area contributed by atoms with E-state index in [9.17, 15) is 9.59 Å². The number of aromatic nitrogens is 3. The summed E-state index contributed by atoms with van der Waals surface area (Å²) in [5.41, 5.74) is 0.648. The SMILES string of the molecule is Cc1c(NC(=O)c2nc(Cl)c(Cl)c(Cl)c2Cl)c(=O)n(-c2ccccc2)n1C. The summed E-state index contributed by atoms with van der Waals surface area (Å²) in [7, 11) is 1.71. The molecule has 10 heteroatoms. The van der Waals surface area contributed by atoms with Gasteiger partial charge in [0.2, 0.25) is 0 Å². The maximum atomic E-state index is 12.9. The number of halogens is 4. The summed E-state index contributed by atoms with van der Waals surface area (Å²) >= 11 is 23.8. The molecule has 0 aliphatic carbocycles. The number of anilines is 1. The fraction of sp³-hybridized carbons (Fsp3) is 0.118. The minimum absolute atomic E-state index is 0.0535. The molecule has 1 amide bonds. The number of rotatable bonds is 3. The number of hydrogen-bond acceptors (Lipinski definition) is 3. The van der Waals surface area contributed by atoms with Gasteiger partial charge in [-0.1, -0.05) is 64.6 Å². The summed E-state index contributed by atoms with van der Waals surface area (Å²) in [6, 6.07) is 9.02. The predicted octanol–water partition coefficient (Wildman–Crippen LogP) is 4.75. The number of hydrogen-bond donors (Lipinski definition) is 1. The Morgan fingerprint density at radius 2 is 1.67 bits per heavy atom. The van der Waals surface area contributed by atoms with Crippen molar-refractivity contribution >= 4 is 58.0 Å². The molecule has 0 aliphatic heterocycles. The van der Waals surface area contributed by atoms with Crippen molar-refractivity contribution in [1.82, 2.24) is 14.3 Å². The van der Waals surface area contributed by atoms with Crippen LogP contribution in [0.15, 0.2) is 35.1 Å². The summed E-state index contributed by atoms with van der Waals surface area (Å²) in [6.07, 6.45) is 0. The van der Waals surface area contributed by atoms with Crippen LogP contribution >= 0.6 is 46.4 Å². The first-order valence-electron chi connectivity index (χ1n) is 7.59. The molecule has 0 spiro atoms. The van der Waals surface area contributed by atoms with Gasteiger partial charge in [0.1, 0.15) is 16.5 Å². The normalized spacial score (nSPS) is 10.9. The van der Waals surface area contributed by atoms with E-state index >= 15 is 0 Å². The molecule has 1 N–H and O–H groups in total. The predicted molar refractivity (Wildman–Crippen MR) is 108 cm³/mol. The zero-order valence-electron chi connectivity index (χ0n) is 14.1. The summed E-state index contributed by atoms with van der Waals surface area (Å²) in [4.78, 5) is 29.4. The standard InChI is InChI=1S/C17H12Cl4N4O2/c1-8-13(17(27)25(24(8)2)9-6-4-3-5-7-9)23-16(26)14-11(19)10(18)12(20)15(21)22-14/h3-7H,1-2H3,(H,23,26). The highest BCUT2D eigenvalue weighted by Gasteiger charge is 2.24. The van der Waals surface area contributed by atoms with Gasteiger partial charge in [0.05, 0.1) is 26.4 Å². The average molecular weight is 446 g/mol. The number of pyridine rings is 1. The second-order valence-electron chi connectivity index (χ2n) is 5.58. The summed E-state index contributed by atoms with van der Waals surface area (Å²) in [5.74, 6) is -0.730. The Morgan fingerprint density at radius 1 is 1.04 bits per heavy atom. The third-order valence-corrected chi connectivity index (χ3v) is 5.67. The second-order valence-corrected chi connectivity index (χ2v) is 7.08. The van der Waals surface area contributed by atoms with E-state index in [4.69, 9.17) is 46.4 Å². The maximum absolute atomic E-state index is 12.9. The molecule has 27 heavy (non-hydrogen) atoms. The highest BCUT2D eigenvalue weighted by molar-refractivity contribution is 6.52. The Labute approximate surface area is 174 Å². The number of amides is 1. The van der Waals surface area contributed by atoms with Crippen molar-refractivity contribution < 1.29 is 4.79 Å². The van der Waals surface area contributed by atoms with Gasteiger partial charge < -0.3 is 5.32 Å². The molecule has 2 heterocycles. The zero-order valence-corrected chi connectivity index (χ0v) is 17.1. The first-order valence-corrected chi connectivity index (χ1v) is 9.10. The van der Waals surface area contributed by atoms with Crippen molar-refractivity contribution in [3.63, 3.8) is 0 Å². The van der Waals surface area contributed by atoms with E-state index in [1.165, 1.54) is 4.68 Å². The van der Waals surface area contributed by atoms with Crippen LogP contribution in [0.4, 0.5) is 5.69 Å².